The van der Waals surface area contributed by atoms with E-state index in [1.165, 1.54) is 88.3 Å². The van der Waals surface area contributed by atoms with E-state index in [1.807, 2.05) is 0 Å². The van der Waals surface area contributed by atoms with Crippen LogP contribution < -0.4 is 0 Å². The van der Waals surface area contributed by atoms with Gasteiger partial charge < -0.3 is 19.3 Å². The molecule has 1 aromatic carbocycles. The molecule has 4 aliphatic carbocycles. The Bertz CT molecular complexity index is 1370. The van der Waals surface area contributed by atoms with Crippen LogP contribution in [0, 0.1) is 5.92 Å². The number of fused-ring (bicyclic) bond motifs is 8. The lowest BCUT2D eigenvalue weighted by Gasteiger charge is -2.69. The molecule has 0 N–H and O–H groups in total. The lowest BCUT2D eigenvalue weighted by atomic mass is 9.28. The second-order valence-corrected chi connectivity index (χ2v) is 16.8. The largest absolute Gasteiger partial charge is 0.371 e. The highest BCUT2D eigenvalue weighted by atomic mass is 32.2. The van der Waals surface area contributed by atoms with Gasteiger partial charge in [0, 0.05) is 39.4 Å². The van der Waals surface area contributed by atoms with E-state index >= 15 is 0 Å². The molecule has 6 fully saturated rings. The van der Waals surface area contributed by atoms with Crippen LogP contribution in [0.4, 0.5) is 0 Å². The van der Waals surface area contributed by atoms with Gasteiger partial charge in [0.15, 0.2) is 0 Å². The maximum atomic E-state index is 7.28. The fraction of sp³-hybridized carbons (Fsp3) is 0.714. The van der Waals surface area contributed by atoms with Gasteiger partial charge in [0.05, 0.1) is 48.6 Å². The number of rotatable bonds is 1. The van der Waals surface area contributed by atoms with Crippen LogP contribution in [0.2, 0.25) is 5.82 Å². The third-order valence-corrected chi connectivity index (χ3v) is 15.2. The van der Waals surface area contributed by atoms with Crippen molar-refractivity contribution in [1.29, 1.82) is 0 Å². The minimum absolute atomic E-state index is 0.256. The Kier molecular flexibility index (Phi) is 6.08. The molecule has 11 unspecified atom stereocenters. The molecule has 0 radical (unpaired) electrons. The van der Waals surface area contributed by atoms with Gasteiger partial charge in [0.2, 0.25) is 6.71 Å². The monoisotopic (exact) mass is 600 g/mol. The summed E-state index contributed by atoms with van der Waals surface area (Å²) in [5.74, 6) is 1.29. The Labute approximate surface area is 261 Å². The number of nitrogens with zero attached hydrogens (tertiary/aromatic N) is 2. The van der Waals surface area contributed by atoms with Gasteiger partial charge in [-0.3, -0.25) is 0 Å². The van der Waals surface area contributed by atoms with Crippen molar-refractivity contribution < 1.29 is 9.47 Å². The number of hydrogen-bond acceptors (Lipinski definition) is 6. The van der Waals surface area contributed by atoms with Crippen molar-refractivity contribution in [2.24, 2.45) is 5.92 Å². The first kappa shape index (κ1) is 26.2. The average Bonchev–Trinajstić information content (AvgIpc) is 3.40. The van der Waals surface area contributed by atoms with Gasteiger partial charge in [-0.25, -0.2) is 0 Å². The molecule has 0 aromatic heterocycles. The van der Waals surface area contributed by atoms with E-state index in [1.54, 1.807) is 16.0 Å². The minimum Gasteiger partial charge on any atom is -0.371 e. The number of thioether (sulfide) groups is 1. The van der Waals surface area contributed by atoms with E-state index in [0.29, 0.717) is 55.0 Å². The highest BCUT2D eigenvalue weighted by Gasteiger charge is 2.68. The summed E-state index contributed by atoms with van der Waals surface area (Å²) in [6.45, 7) is 3.01. The first-order valence-corrected chi connectivity index (χ1v) is 18.8. The average molecular weight is 601 g/mol. The molecule has 0 spiro atoms. The third kappa shape index (κ3) is 3.49. The topological polar surface area (TPSA) is 24.9 Å². The molecule has 4 nitrogen and oxygen atoms in total. The third-order valence-electron chi connectivity index (χ3n) is 13.2. The molecule has 10 rings (SSSR count). The van der Waals surface area contributed by atoms with E-state index in [4.69, 9.17) is 22.1 Å². The van der Waals surface area contributed by atoms with E-state index in [-0.39, 0.29) is 6.10 Å². The van der Waals surface area contributed by atoms with Crippen LogP contribution in [0.5, 0.6) is 0 Å². The Balaban J connectivity index is 1.23. The molecular weight excluding hydrogens is 555 g/mol. The molecule has 5 heterocycles. The Morgan fingerprint density at radius 1 is 0.786 bits per heavy atom. The molecule has 5 aliphatic heterocycles. The molecule has 9 aliphatic rings. The number of hydrogen-bond donors (Lipinski definition) is 1. The van der Waals surface area contributed by atoms with Crippen LogP contribution >= 0.6 is 24.4 Å². The minimum atomic E-state index is 0.256. The van der Waals surface area contributed by atoms with Crippen molar-refractivity contribution >= 4 is 36.8 Å². The number of allylic oxidation sites excluding steroid dienone is 2. The summed E-state index contributed by atoms with van der Waals surface area (Å²) in [5.41, 5.74) is 6.28. The van der Waals surface area contributed by atoms with Gasteiger partial charge in [-0.2, -0.15) is 0 Å². The Morgan fingerprint density at radius 2 is 1.43 bits per heavy atom. The van der Waals surface area contributed by atoms with Crippen LogP contribution in [0.15, 0.2) is 45.1 Å². The SMILES string of the molecule is CC1=C(c2ccccc2S)N2C3CCCCC3OC3CC4OC5CCCCC5N5C6=C(SC7CCCCC67)B1C(C32)C45. The zero-order valence-electron chi connectivity index (χ0n) is 25.0. The summed E-state index contributed by atoms with van der Waals surface area (Å²) in [6.07, 6.45) is 18.3. The summed E-state index contributed by atoms with van der Waals surface area (Å²) in [5, 5.41) is 0.778. The van der Waals surface area contributed by atoms with Gasteiger partial charge in [0.1, 0.15) is 0 Å². The molecule has 0 bridgehead atoms. The van der Waals surface area contributed by atoms with Gasteiger partial charge in [0.25, 0.3) is 0 Å². The molecule has 222 valence electrons. The normalized spacial score (nSPS) is 45.2. The quantitative estimate of drug-likeness (QED) is 0.268. The molecule has 4 saturated carbocycles. The number of morpholine rings is 2. The maximum Gasteiger partial charge on any atom is 0.224 e. The van der Waals surface area contributed by atoms with Gasteiger partial charge in [-0.05, 0) is 62.1 Å². The zero-order chi connectivity index (χ0) is 27.7. The van der Waals surface area contributed by atoms with Crippen molar-refractivity contribution in [3.05, 3.63) is 45.8 Å². The summed E-state index contributed by atoms with van der Waals surface area (Å²) >= 11 is 7.43. The molecule has 7 heteroatoms. The van der Waals surface area contributed by atoms with E-state index in [9.17, 15) is 0 Å². The predicted octanol–water partition coefficient (Wildman–Crippen LogP) is 7.36. The summed E-state index contributed by atoms with van der Waals surface area (Å²) in [4.78, 5) is 8.99. The van der Waals surface area contributed by atoms with Crippen molar-refractivity contribution in [3.8, 4) is 0 Å². The fourth-order valence-electron chi connectivity index (χ4n) is 11.8. The summed E-state index contributed by atoms with van der Waals surface area (Å²) < 4.78 is 14.6. The Morgan fingerprint density at radius 3 is 2.19 bits per heavy atom. The summed E-state index contributed by atoms with van der Waals surface area (Å²) in [6, 6.07) is 10.9. The van der Waals surface area contributed by atoms with E-state index in [2.05, 4.69) is 52.8 Å². The van der Waals surface area contributed by atoms with Crippen molar-refractivity contribution in [1.82, 2.24) is 9.80 Å². The van der Waals surface area contributed by atoms with Crippen LogP contribution in [0.1, 0.15) is 96.0 Å². The van der Waals surface area contributed by atoms with Crippen molar-refractivity contribution in [2.75, 3.05) is 0 Å². The number of benzene rings is 1. The van der Waals surface area contributed by atoms with Gasteiger partial charge in [-0.15, -0.1) is 24.4 Å². The number of thiol groups is 1. The smallest absolute Gasteiger partial charge is 0.224 e. The number of ether oxygens (including phenoxy) is 2. The lowest BCUT2D eigenvalue weighted by molar-refractivity contribution is -0.226. The van der Waals surface area contributed by atoms with E-state index in [0.717, 1.165) is 22.5 Å². The highest BCUT2D eigenvalue weighted by molar-refractivity contribution is 8.06. The molecular formula is C35H45BN2O2S2. The standard InChI is InChI=1S/C35H45BN2O2S2/c1-19-31(20-10-2-8-16-28(20)41)37-22-12-4-6-14-24(22)39-26-18-27-34-30(33(26)37)36(19)35-32(21-11-3-9-17-29(21)42-35)38(34)23-13-5-7-15-25(23)40-27/h2,8,10,16,21-27,29-30,33-34,41H,3-7,9,11-15,17-18H2,1H3. The van der Waals surface area contributed by atoms with Gasteiger partial charge >= 0.3 is 0 Å². The van der Waals surface area contributed by atoms with Crippen molar-refractivity contribution in [2.45, 2.75) is 155 Å². The first-order chi connectivity index (χ1) is 20.7. The van der Waals surface area contributed by atoms with Crippen LogP contribution in [0.3, 0.4) is 0 Å². The summed E-state index contributed by atoms with van der Waals surface area (Å²) in [7, 11) is 0. The molecule has 2 saturated heterocycles. The molecule has 11 atom stereocenters. The van der Waals surface area contributed by atoms with Crippen LogP contribution in [-0.4, -0.2) is 70.3 Å². The molecule has 1 aromatic rings. The first-order valence-electron chi connectivity index (χ1n) is 17.5. The zero-order valence-corrected chi connectivity index (χ0v) is 26.7. The maximum absolute atomic E-state index is 7.28. The second-order valence-electron chi connectivity index (χ2n) is 15.1. The van der Waals surface area contributed by atoms with Crippen LogP contribution in [0.25, 0.3) is 5.70 Å². The Hall–Kier alpha value is -1.02. The van der Waals surface area contributed by atoms with E-state index < -0.39 is 0 Å². The molecule has 0 amide bonds. The second kappa shape index (κ2) is 9.74. The van der Waals surface area contributed by atoms with Gasteiger partial charge in [-0.1, -0.05) is 62.2 Å². The van der Waals surface area contributed by atoms with Crippen molar-refractivity contribution in [3.63, 3.8) is 0 Å². The lowest BCUT2D eigenvalue weighted by Crippen LogP contribution is -2.76. The fourth-order valence-corrected chi connectivity index (χ4v) is 14.0. The molecule has 42 heavy (non-hydrogen) atoms. The van der Waals surface area contributed by atoms with Crippen LogP contribution in [-0.2, 0) is 9.47 Å². The highest BCUT2D eigenvalue weighted by Crippen LogP contribution is 2.65. The predicted molar refractivity (Wildman–Crippen MR) is 174 cm³/mol.